The van der Waals surface area contributed by atoms with Gasteiger partial charge in [0.1, 0.15) is 0 Å². The van der Waals surface area contributed by atoms with Crippen LogP contribution in [0.1, 0.15) is 5.56 Å². The molecule has 1 rings (SSSR count). The van der Waals surface area contributed by atoms with Gasteiger partial charge in [0, 0.05) is 0 Å². The van der Waals surface area contributed by atoms with Gasteiger partial charge in [-0.1, -0.05) is 0 Å². The van der Waals surface area contributed by atoms with Crippen LogP contribution in [0.2, 0.25) is 0 Å². The van der Waals surface area contributed by atoms with Crippen LogP contribution in [-0.4, -0.2) is 0 Å². The Labute approximate surface area is 89.6 Å². The van der Waals surface area contributed by atoms with Crippen molar-refractivity contribution >= 4 is 23.7 Å². The summed E-state index contributed by atoms with van der Waals surface area (Å²) in [6.45, 7) is 0. The van der Waals surface area contributed by atoms with Crippen LogP contribution in [0, 0.1) is 0 Å². The Balaban J connectivity index is 3.13. The number of halogens is 8. The molecule has 1 aromatic rings. The zero-order valence-corrected chi connectivity index (χ0v) is 10.6. The molecule has 96 valence electrons. The summed E-state index contributed by atoms with van der Waals surface area (Å²) < 4.78 is 84.2. The van der Waals surface area contributed by atoms with Crippen molar-refractivity contribution in [3.8, 4) is 0 Å². The van der Waals surface area contributed by atoms with E-state index in [1.54, 1.807) is 0 Å². The van der Waals surface area contributed by atoms with E-state index in [2.05, 4.69) is 0 Å². The van der Waals surface area contributed by atoms with E-state index in [0.29, 0.717) is 0 Å². The summed E-state index contributed by atoms with van der Waals surface area (Å²) in [6.07, 6.45) is 0. The SMILES string of the molecule is FP(F)(F)(F)I(F)(F)(F)Cc1ccccc1. The monoisotopic (exact) mass is 382 g/mol. The molecule has 0 aromatic heterocycles. The normalized spacial score (nSPS) is 18.2. The fourth-order valence-corrected chi connectivity index (χ4v) is 5.46. The summed E-state index contributed by atoms with van der Waals surface area (Å²) in [5.74, 6) is 0. The van der Waals surface area contributed by atoms with Gasteiger partial charge in [0.05, 0.1) is 0 Å². The third-order valence-corrected chi connectivity index (χ3v) is 13.6. The first-order valence-corrected chi connectivity index (χ1v) is 12.4. The Kier molecular flexibility index (Phi) is 3.00. The van der Waals surface area contributed by atoms with E-state index in [1.807, 2.05) is 0 Å². The van der Waals surface area contributed by atoms with Crippen molar-refractivity contribution < 1.29 is 25.4 Å². The fourth-order valence-electron chi connectivity index (χ4n) is 0.901. The van der Waals surface area contributed by atoms with Gasteiger partial charge in [-0.3, -0.25) is 0 Å². The average molecular weight is 382 g/mol. The molecule has 0 radical (unpaired) electrons. The molecule has 0 heterocycles. The Morgan fingerprint density at radius 2 is 1.31 bits per heavy atom. The quantitative estimate of drug-likeness (QED) is 0.245. The van der Waals surface area contributed by atoms with E-state index in [9.17, 15) is 25.4 Å². The predicted octanol–water partition coefficient (Wildman–Crippen LogP) is 6.42. The van der Waals surface area contributed by atoms with E-state index in [-0.39, 0.29) is 0 Å². The predicted molar refractivity (Wildman–Crippen MR) is 58.8 cm³/mol. The first-order chi connectivity index (χ1) is 6.87. The average Bonchev–Trinajstić information content (AvgIpc) is 1.99. The molecule has 0 spiro atoms. The van der Waals surface area contributed by atoms with Gasteiger partial charge in [-0.15, -0.1) is 0 Å². The number of rotatable bonds is 3. The van der Waals surface area contributed by atoms with E-state index in [1.165, 1.54) is 18.2 Å². The van der Waals surface area contributed by atoms with Crippen LogP contribution in [0.15, 0.2) is 30.3 Å². The van der Waals surface area contributed by atoms with Gasteiger partial charge in [-0.2, -0.15) is 0 Å². The first kappa shape index (κ1) is 14.0. The molecule has 0 aliphatic heterocycles. The third kappa shape index (κ3) is 2.58. The summed E-state index contributed by atoms with van der Waals surface area (Å²) in [7, 11) is 0. The van der Waals surface area contributed by atoms with E-state index < -0.39 is 33.7 Å². The second-order valence-electron chi connectivity index (χ2n) is 3.03. The van der Waals surface area contributed by atoms with E-state index in [0.717, 1.165) is 12.1 Å². The molecule has 16 heavy (non-hydrogen) atoms. The molecule has 0 aliphatic carbocycles. The van der Waals surface area contributed by atoms with Gasteiger partial charge in [-0.25, -0.2) is 0 Å². The van der Waals surface area contributed by atoms with Crippen molar-refractivity contribution in [1.29, 1.82) is 0 Å². The third-order valence-electron chi connectivity index (χ3n) is 1.68. The van der Waals surface area contributed by atoms with Gasteiger partial charge in [-0.05, 0) is 0 Å². The van der Waals surface area contributed by atoms with Crippen molar-refractivity contribution in [2.24, 2.45) is 0 Å². The van der Waals surface area contributed by atoms with Gasteiger partial charge in [0.2, 0.25) is 0 Å². The van der Waals surface area contributed by atoms with Crippen LogP contribution < -0.4 is 0 Å². The molecule has 1 aromatic carbocycles. The minimum atomic E-state index is -9.48. The number of hydrogen-bond donors (Lipinski definition) is 0. The molecule has 0 atom stereocenters. The van der Waals surface area contributed by atoms with Crippen molar-refractivity contribution in [1.82, 2.24) is 0 Å². The zero-order chi connectivity index (χ0) is 12.7. The van der Waals surface area contributed by atoms with Crippen LogP contribution in [0.3, 0.4) is 0 Å². The number of hydrogen-bond acceptors (Lipinski definition) is 0. The summed E-state index contributed by atoms with van der Waals surface area (Å²) in [6, 6.07) is 5.54. The molecule has 9 heteroatoms. The van der Waals surface area contributed by atoms with E-state index >= 15 is 0 Å². The molecular formula is C7H7F7IP. The maximum absolute atomic E-state index is 12.8. The maximum atomic E-state index is 12.8. The standard InChI is InChI=1S/C7H7F7IP/c8-15(9,10,16(11,12,13)14)6-7-4-2-1-3-5-7/h1-5H,6H2. The Morgan fingerprint density at radius 3 is 1.69 bits per heavy atom. The van der Waals surface area contributed by atoms with Gasteiger partial charge >= 0.3 is 89.4 Å². The van der Waals surface area contributed by atoms with Crippen molar-refractivity contribution in [3.63, 3.8) is 0 Å². The molecule has 0 amide bonds. The van der Waals surface area contributed by atoms with Crippen LogP contribution in [0.5, 0.6) is 0 Å². The fraction of sp³-hybridized carbons (Fsp3) is 0.143. The summed E-state index contributed by atoms with van der Waals surface area (Å²) in [5, 5.41) is 0. The Hall–Kier alpha value is -0.110. The van der Waals surface area contributed by atoms with Gasteiger partial charge in [0.25, 0.3) is 0 Å². The topological polar surface area (TPSA) is 0 Å². The van der Waals surface area contributed by atoms with Crippen LogP contribution >= 0.6 is 23.7 Å². The van der Waals surface area contributed by atoms with Crippen LogP contribution in [0.4, 0.5) is 25.4 Å². The molecule has 0 fully saturated rings. The molecule has 0 N–H and O–H groups in total. The van der Waals surface area contributed by atoms with Crippen LogP contribution in [0.25, 0.3) is 0 Å². The molecule has 0 saturated carbocycles. The molecule has 0 bridgehead atoms. The second kappa shape index (κ2) is 3.44. The first-order valence-electron chi connectivity index (χ1n) is 3.81. The van der Waals surface area contributed by atoms with Crippen LogP contribution in [-0.2, 0) is 4.43 Å². The number of benzene rings is 1. The Bertz CT molecular complexity index is 381. The second-order valence-corrected chi connectivity index (χ2v) is 18.1. The molecule has 0 aliphatic rings. The van der Waals surface area contributed by atoms with Crippen molar-refractivity contribution in [2.45, 2.75) is 4.43 Å². The summed E-state index contributed by atoms with van der Waals surface area (Å²) in [4.78, 5) is 0. The Morgan fingerprint density at radius 1 is 0.875 bits per heavy atom. The molecular weight excluding hydrogens is 375 g/mol. The zero-order valence-electron chi connectivity index (χ0n) is 7.56. The molecule has 0 saturated heterocycles. The van der Waals surface area contributed by atoms with Crippen molar-refractivity contribution in [3.05, 3.63) is 35.9 Å². The van der Waals surface area contributed by atoms with E-state index in [4.69, 9.17) is 0 Å². The molecule has 0 nitrogen and oxygen atoms in total. The van der Waals surface area contributed by atoms with Gasteiger partial charge in [0.15, 0.2) is 0 Å². The number of alkyl halides is 1. The summed E-state index contributed by atoms with van der Waals surface area (Å²) >= 11 is -9.45. The van der Waals surface area contributed by atoms with Gasteiger partial charge < -0.3 is 0 Å². The molecule has 0 unspecified atom stereocenters. The van der Waals surface area contributed by atoms with Crippen molar-refractivity contribution in [2.75, 3.05) is 0 Å². The minimum absolute atomic E-state index is 0.552. The summed E-state index contributed by atoms with van der Waals surface area (Å²) in [5.41, 5.74) is -10.0.